The van der Waals surface area contributed by atoms with Gasteiger partial charge >= 0.3 is 5.97 Å². The average molecular weight is 454 g/mol. The van der Waals surface area contributed by atoms with Gasteiger partial charge in [-0.3, -0.25) is 4.79 Å². The van der Waals surface area contributed by atoms with E-state index in [0.29, 0.717) is 23.7 Å². The van der Waals surface area contributed by atoms with E-state index in [1.54, 1.807) is 0 Å². The van der Waals surface area contributed by atoms with Crippen LogP contribution in [-0.4, -0.2) is 54.8 Å². The standard InChI is InChI=1S/C26H28FNO5/c1-32-23-19(13-18(25(30)31)14-21(23)27)16-4-6-17(7-5-16)20-15-26(20)8-10-28(11-9-26)24(29)22-3-2-12-33-22/h4-7,13-14,20,22H,2-3,8-12,15H2,1H3,(H,30,31)/t20-,22?/m1/s1. The highest BCUT2D eigenvalue weighted by molar-refractivity contribution is 5.90. The van der Waals surface area contributed by atoms with Crippen LogP contribution in [0.1, 0.15) is 53.9 Å². The molecular formula is C26H28FNO5. The van der Waals surface area contributed by atoms with E-state index in [1.807, 2.05) is 29.2 Å². The number of methoxy groups -OCH3 is 1. The molecule has 2 saturated heterocycles. The number of amides is 1. The largest absolute Gasteiger partial charge is 0.493 e. The Labute approximate surface area is 192 Å². The van der Waals surface area contributed by atoms with Crippen LogP contribution in [0.5, 0.6) is 5.75 Å². The van der Waals surface area contributed by atoms with E-state index < -0.39 is 11.8 Å². The van der Waals surface area contributed by atoms with Gasteiger partial charge < -0.3 is 19.5 Å². The molecule has 2 aliphatic heterocycles. The summed E-state index contributed by atoms with van der Waals surface area (Å²) in [6.07, 6.45) is 4.66. The van der Waals surface area contributed by atoms with Crippen molar-refractivity contribution in [3.8, 4) is 16.9 Å². The normalized spacial score (nSPS) is 23.5. The highest BCUT2D eigenvalue weighted by Crippen LogP contribution is 2.65. The van der Waals surface area contributed by atoms with Crippen molar-refractivity contribution in [2.24, 2.45) is 5.41 Å². The van der Waals surface area contributed by atoms with Crippen LogP contribution in [0.25, 0.3) is 11.1 Å². The van der Waals surface area contributed by atoms with Crippen molar-refractivity contribution in [3.63, 3.8) is 0 Å². The van der Waals surface area contributed by atoms with Gasteiger partial charge in [-0.15, -0.1) is 0 Å². The van der Waals surface area contributed by atoms with E-state index in [9.17, 15) is 19.1 Å². The van der Waals surface area contributed by atoms with Gasteiger partial charge in [0.15, 0.2) is 11.6 Å². The molecule has 1 unspecified atom stereocenters. The van der Waals surface area contributed by atoms with Gasteiger partial charge in [0.1, 0.15) is 6.10 Å². The number of benzene rings is 2. The summed E-state index contributed by atoms with van der Waals surface area (Å²) < 4.78 is 25.1. The second-order valence-corrected chi connectivity index (χ2v) is 9.41. The molecule has 3 fully saturated rings. The quantitative estimate of drug-likeness (QED) is 0.723. The third-order valence-corrected chi connectivity index (χ3v) is 7.58. The molecule has 2 aromatic carbocycles. The number of hydrogen-bond acceptors (Lipinski definition) is 4. The molecule has 1 amide bonds. The minimum Gasteiger partial charge on any atom is -0.493 e. The summed E-state index contributed by atoms with van der Waals surface area (Å²) in [7, 11) is 1.38. The molecule has 0 bridgehead atoms. The molecule has 2 heterocycles. The first kappa shape index (κ1) is 21.9. The second kappa shape index (κ2) is 8.45. The Morgan fingerprint density at radius 1 is 1.18 bits per heavy atom. The van der Waals surface area contributed by atoms with Crippen LogP contribution >= 0.6 is 0 Å². The summed E-state index contributed by atoms with van der Waals surface area (Å²) in [4.78, 5) is 26.0. The molecular weight excluding hydrogens is 425 g/mol. The molecule has 33 heavy (non-hydrogen) atoms. The summed E-state index contributed by atoms with van der Waals surface area (Å²) in [5.74, 6) is -1.23. The Morgan fingerprint density at radius 3 is 2.52 bits per heavy atom. The maximum atomic E-state index is 14.4. The van der Waals surface area contributed by atoms with Crippen molar-refractivity contribution < 1.29 is 28.6 Å². The van der Waals surface area contributed by atoms with E-state index in [-0.39, 0.29) is 28.7 Å². The third kappa shape index (κ3) is 3.99. The second-order valence-electron chi connectivity index (χ2n) is 9.41. The molecule has 6 nitrogen and oxygen atoms in total. The number of ether oxygens (including phenoxy) is 2. The Bertz CT molecular complexity index is 1070. The first-order chi connectivity index (χ1) is 15.9. The number of likely N-dealkylation sites (tertiary alicyclic amines) is 1. The summed E-state index contributed by atoms with van der Waals surface area (Å²) in [5, 5.41) is 9.29. The lowest BCUT2D eigenvalue weighted by Gasteiger charge is -2.34. The van der Waals surface area contributed by atoms with Crippen LogP contribution in [0, 0.1) is 11.2 Å². The zero-order chi connectivity index (χ0) is 23.2. The van der Waals surface area contributed by atoms with Gasteiger partial charge in [0.2, 0.25) is 0 Å². The van der Waals surface area contributed by atoms with Crippen LogP contribution < -0.4 is 4.74 Å². The van der Waals surface area contributed by atoms with Crippen molar-refractivity contribution in [2.75, 3.05) is 26.8 Å². The minimum atomic E-state index is -1.18. The number of hydrogen-bond donors (Lipinski definition) is 1. The lowest BCUT2D eigenvalue weighted by Crippen LogP contribution is -2.44. The Morgan fingerprint density at radius 2 is 1.91 bits per heavy atom. The maximum absolute atomic E-state index is 14.4. The number of piperidine rings is 1. The van der Waals surface area contributed by atoms with E-state index in [2.05, 4.69) is 0 Å². The van der Waals surface area contributed by atoms with Gasteiger partial charge in [-0.05, 0) is 66.7 Å². The van der Waals surface area contributed by atoms with Gasteiger partial charge in [0, 0.05) is 25.3 Å². The molecule has 1 saturated carbocycles. The Balaban J connectivity index is 1.28. The van der Waals surface area contributed by atoms with Crippen molar-refractivity contribution >= 4 is 11.9 Å². The van der Waals surface area contributed by atoms with Gasteiger partial charge in [-0.25, -0.2) is 9.18 Å². The molecule has 1 spiro atoms. The predicted octanol–water partition coefficient (Wildman–Crippen LogP) is 4.47. The van der Waals surface area contributed by atoms with Crippen LogP contribution in [-0.2, 0) is 9.53 Å². The lowest BCUT2D eigenvalue weighted by molar-refractivity contribution is -0.142. The zero-order valence-electron chi connectivity index (χ0n) is 18.7. The first-order valence-corrected chi connectivity index (χ1v) is 11.5. The summed E-state index contributed by atoms with van der Waals surface area (Å²) in [6.45, 7) is 2.25. The Hall–Kier alpha value is -2.93. The number of carbonyl (C=O) groups is 2. The number of carboxylic acids is 1. The van der Waals surface area contributed by atoms with Gasteiger partial charge in [0.25, 0.3) is 5.91 Å². The van der Waals surface area contributed by atoms with Crippen LogP contribution in [0.3, 0.4) is 0 Å². The topological polar surface area (TPSA) is 76.1 Å². The fourth-order valence-electron chi connectivity index (χ4n) is 5.55. The van der Waals surface area contributed by atoms with E-state index in [0.717, 1.165) is 51.3 Å². The SMILES string of the molecule is COc1c(F)cc(C(=O)O)cc1-c1ccc([C@H]2CC23CCN(C(=O)C2CCCO2)CC3)cc1. The molecule has 5 rings (SSSR count). The molecule has 7 heteroatoms. The van der Waals surface area contributed by atoms with Gasteiger partial charge in [-0.2, -0.15) is 0 Å². The smallest absolute Gasteiger partial charge is 0.335 e. The monoisotopic (exact) mass is 453 g/mol. The number of nitrogens with zero attached hydrogens (tertiary/aromatic N) is 1. The third-order valence-electron chi connectivity index (χ3n) is 7.58. The fourth-order valence-corrected chi connectivity index (χ4v) is 5.55. The van der Waals surface area contributed by atoms with Gasteiger partial charge in [-0.1, -0.05) is 24.3 Å². The van der Waals surface area contributed by atoms with Crippen molar-refractivity contribution in [3.05, 3.63) is 53.3 Å². The number of halogens is 1. The molecule has 0 aromatic heterocycles. The fraction of sp³-hybridized carbons (Fsp3) is 0.462. The molecule has 1 N–H and O–H groups in total. The zero-order valence-corrected chi connectivity index (χ0v) is 18.7. The van der Waals surface area contributed by atoms with Crippen molar-refractivity contribution in [1.29, 1.82) is 0 Å². The molecule has 3 aliphatic rings. The average Bonchev–Trinajstić information content (AvgIpc) is 3.24. The molecule has 2 aromatic rings. The molecule has 174 valence electrons. The Kier molecular flexibility index (Phi) is 5.60. The van der Waals surface area contributed by atoms with Crippen LogP contribution in [0.2, 0.25) is 0 Å². The highest BCUT2D eigenvalue weighted by atomic mass is 19.1. The minimum absolute atomic E-state index is 0.0407. The summed E-state index contributed by atoms with van der Waals surface area (Å²) >= 11 is 0. The van der Waals surface area contributed by atoms with Crippen molar-refractivity contribution in [1.82, 2.24) is 4.90 Å². The molecule has 2 atom stereocenters. The van der Waals surface area contributed by atoms with Crippen LogP contribution in [0.15, 0.2) is 36.4 Å². The summed E-state index contributed by atoms with van der Waals surface area (Å²) in [5.41, 5.74) is 2.50. The van der Waals surface area contributed by atoms with Crippen LogP contribution in [0.4, 0.5) is 4.39 Å². The number of rotatable bonds is 5. The molecule has 0 radical (unpaired) electrons. The maximum Gasteiger partial charge on any atom is 0.335 e. The van der Waals surface area contributed by atoms with E-state index in [1.165, 1.54) is 18.7 Å². The van der Waals surface area contributed by atoms with E-state index >= 15 is 0 Å². The summed E-state index contributed by atoms with van der Waals surface area (Å²) in [6, 6.07) is 10.3. The number of aromatic carboxylic acids is 1. The predicted molar refractivity (Wildman–Crippen MR) is 120 cm³/mol. The van der Waals surface area contributed by atoms with E-state index in [4.69, 9.17) is 9.47 Å². The first-order valence-electron chi connectivity index (χ1n) is 11.5. The van der Waals surface area contributed by atoms with Gasteiger partial charge in [0.05, 0.1) is 12.7 Å². The number of carbonyl (C=O) groups excluding carboxylic acids is 1. The lowest BCUT2D eigenvalue weighted by atomic mass is 9.88. The highest BCUT2D eigenvalue weighted by Gasteiger charge is 2.55. The number of carboxylic acid groups (broad SMARTS) is 1. The van der Waals surface area contributed by atoms with Crippen molar-refractivity contribution in [2.45, 2.75) is 44.1 Å². The molecule has 1 aliphatic carbocycles.